The summed E-state index contributed by atoms with van der Waals surface area (Å²) in [7, 11) is 0. The lowest BCUT2D eigenvalue weighted by atomic mass is 9.91. The number of hydrogen-bond donors (Lipinski definition) is 0. The fraction of sp³-hybridized carbons (Fsp3) is 0.250. The molecular formula is C16H14N2O7. The zero-order valence-corrected chi connectivity index (χ0v) is 13.4. The van der Waals surface area contributed by atoms with Gasteiger partial charge in [0.15, 0.2) is 0 Å². The number of nitro benzene ring substituents is 1. The second-order valence-corrected chi connectivity index (χ2v) is 5.50. The predicted octanol–water partition coefficient (Wildman–Crippen LogP) is 2.71. The molecule has 1 aromatic rings. The van der Waals surface area contributed by atoms with Crippen molar-refractivity contribution in [2.75, 3.05) is 0 Å². The average Bonchev–Trinajstić information content (AvgIpc) is 2.53. The van der Waals surface area contributed by atoms with Crippen molar-refractivity contribution in [2.45, 2.75) is 20.3 Å². The van der Waals surface area contributed by atoms with Crippen molar-refractivity contribution in [1.29, 1.82) is 0 Å². The number of ether oxygens (including phenoxy) is 1. The van der Waals surface area contributed by atoms with Crippen LogP contribution >= 0.6 is 0 Å². The van der Waals surface area contributed by atoms with E-state index in [-0.39, 0.29) is 16.7 Å². The number of allylic oxidation sites excluding steroid dienone is 2. The van der Waals surface area contributed by atoms with Crippen LogP contribution in [0.15, 0.2) is 41.6 Å². The molecule has 25 heavy (non-hydrogen) atoms. The third-order valence-corrected chi connectivity index (χ3v) is 3.79. The van der Waals surface area contributed by atoms with Gasteiger partial charge in [-0.1, -0.05) is 25.1 Å². The number of nitro groups is 2. The Morgan fingerprint density at radius 2 is 1.84 bits per heavy atom. The first-order chi connectivity index (χ1) is 11.7. The zero-order valence-electron chi connectivity index (χ0n) is 13.4. The summed E-state index contributed by atoms with van der Waals surface area (Å²) >= 11 is 0. The molecule has 0 N–H and O–H groups in total. The highest BCUT2D eigenvalue weighted by molar-refractivity contribution is 6.05. The summed E-state index contributed by atoms with van der Waals surface area (Å²) in [4.78, 5) is 45.2. The smallest absolute Gasteiger partial charge is 0.353 e. The molecular weight excluding hydrogens is 332 g/mol. The van der Waals surface area contributed by atoms with Gasteiger partial charge in [0, 0.05) is 12.1 Å². The maximum Gasteiger partial charge on any atom is 0.353 e. The number of nitrogens with zero attached hydrogens (tertiary/aromatic N) is 2. The van der Waals surface area contributed by atoms with E-state index in [1.807, 2.05) is 0 Å². The summed E-state index contributed by atoms with van der Waals surface area (Å²) in [5.41, 5.74) is -1.29. The predicted molar refractivity (Wildman–Crippen MR) is 85.2 cm³/mol. The van der Waals surface area contributed by atoms with Gasteiger partial charge in [-0.3, -0.25) is 20.2 Å². The van der Waals surface area contributed by atoms with Gasteiger partial charge in [-0.2, -0.15) is 0 Å². The molecule has 0 bridgehead atoms. The summed E-state index contributed by atoms with van der Waals surface area (Å²) in [5.74, 6) is -2.91. The third kappa shape index (κ3) is 3.60. The lowest BCUT2D eigenvalue weighted by Crippen LogP contribution is -2.23. The highest BCUT2D eigenvalue weighted by Crippen LogP contribution is 2.28. The maximum absolute atomic E-state index is 12.3. The Morgan fingerprint density at radius 1 is 1.16 bits per heavy atom. The van der Waals surface area contributed by atoms with Gasteiger partial charge in [0.2, 0.25) is 0 Å². The van der Waals surface area contributed by atoms with Crippen LogP contribution in [-0.4, -0.2) is 21.8 Å². The molecule has 0 aliphatic heterocycles. The van der Waals surface area contributed by atoms with Gasteiger partial charge in [-0.15, -0.1) is 0 Å². The molecule has 0 saturated carbocycles. The van der Waals surface area contributed by atoms with Crippen molar-refractivity contribution in [1.82, 2.24) is 0 Å². The van der Waals surface area contributed by atoms with Gasteiger partial charge < -0.3 is 4.74 Å². The summed E-state index contributed by atoms with van der Waals surface area (Å²) < 4.78 is 4.72. The first-order valence-electron chi connectivity index (χ1n) is 7.29. The quantitative estimate of drug-likeness (QED) is 0.354. The standard InChI is InChI=1S/C16H14N2O7/c1-9-5-3-7-11(17(21)22)13(9)15(19)25-16(20)14-10(2)6-4-8-12(14)18(23)24/h3-5,7-8,10H,6H2,1-2H3. The second kappa shape index (κ2) is 7.04. The Hall–Kier alpha value is -3.36. The SMILES string of the molecule is Cc1cccc([N+](=O)[O-])c1C(=O)OC(=O)C1=C([N+](=O)[O-])C=CCC1C. The van der Waals surface area contributed by atoms with E-state index in [9.17, 15) is 29.8 Å². The van der Waals surface area contributed by atoms with Crippen molar-refractivity contribution in [3.05, 3.63) is 73.0 Å². The third-order valence-electron chi connectivity index (χ3n) is 3.79. The van der Waals surface area contributed by atoms with Gasteiger partial charge in [0.05, 0.1) is 9.85 Å². The first-order valence-corrected chi connectivity index (χ1v) is 7.29. The highest BCUT2D eigenvalue weighted by atomic mass is 16.6. The Balaban J connectivity index is 2.39. The van der Waals surface area contributed by atoms with Crippen LogP contribution in [-0.2, 0) is 9.53 Å². The average molecular weight is 346 g/mol. The van der Waals surface area contributed by atoms with Crippen molar-refractivity contribution in [3.8, 4) is 0 Å². The molecule has 9 heteroatoms. The minimum Gasteiger partial charge on any atom is -0.386 e. The van der Waals surface area contributed by atoms with Crippen LogP contribution in [0.5, 0.6) is 0 Å². The number of esters is 2. The van der Waals surface area contributed by atoms with E-state index in [2.05, 4.69) is 0 Å². The Morgan fingerprint density at radius 3 is 2.44 bits per heavy atom. The van der Waals surface area contributed by atoms with Gasteiger partial charge in [-0.05, 0) is 24.8 Å². The second-order valence-electron chi connectivity index (χ2n) is 5.50. The molecule has 0 amide bonds. The largest absolute Gasteiger partial charge is 0.386 e. The molecule has 0 radical (unpaired) electrons. The molecule has 0 heterocycles. The van der Waals surface area contributed by atoms with Crippen LogP contribution < -0.4 is 0 Å². The molecule has 0 fully saturated rings. The molecule has 1 aliphatic rings. The Labute approximate surface area is 141 Å². The van der Waals surface area contributed by atoms with Gasteiger partial charge in [0.1, 0.15) is 11.1 Å². The fourth-order valence-corrected chi connectivity index (χ4v) is 2.57. The molecule has 0 saturated heterocycles. The monoisotopic (exact) mass is 346 g/mol. The highest BCUT2D eigenvalue weighted by Gasteiger charge is 2.34. The Kier molecular flexibility index (Phi) is 5.06. The van der Waals surface area contributed by atoms with Crippen molar-refractivity contribution >= 4 is 17.6 Å². The van der Waals surface area contributed by atoms with Gasteiger partial charge in [0.25, 0.3) is 11.4 Å². The van der Waals surface area contributed by atoms with E-state index in [1.165, 1.54) is 25.1 Å². The lowest BCUT2D eigenvalue weighted by Gasteiger charge is -2.15. The normalized spacial score (nSPS) is 16.5. The molecule has 2 rings (SSSR count). The first kappa shape index (κ1) is 18.0. The van der Waals surface area contributed by atoms with Crippen molar-refractivity contribution in [2.24, 2.45) is 5.92 Å². The summed E-state index contributed by atoms with van der Waals surface area (Å²) in [6.45, 7) is 3.05. The van der Waals surface area contributed by atoms with E-state index in [4.69, 9.17) is 4.74 Å². The van der Waals surface area contributed by atoms with E-state index >= 15 is 0 Å². The topological polar surface area (TPSA) is 130 Å². The van der Waals surface area contributed by atoms with Gasteiger partial charge >= 0.3 is 11.9 Å². The molecule has 1 atom stereocenters. The minimum absolute atomic E-state index is 0.239. The van der Waals surface area contributed by atoms with Crippen LogP contribution in [0.25, 0.3) is 0 Å². The number of benzene rings is 1. The molecule has 0 spiro atoms. The van der Waals surface area contributed by atoms with E-state index in [0.29, 0.717) is 6.42 Å². The molecule has 9 nitrogen and oxygen atoms in total. The molecule has 1 aromatic carbocycles. The summed E-state index contributed by atoms with van der Waals surface area (Å²) in [5, 5.41) is 22.1. The van der Waals surface area contributed by atoms with E-state index in [0.717, 1.165) is 6.07 Å². The number of carbonyl (C=O) groups excluding carboxylic acids is 2. The molecule has 1 unspecified atom stereocenters. The summed E-state index contributed by atoms with van der Waals surface area (Å²) in [6.07, 6.45) is 3.10. The van der Waals surface area contributed by atoms with E-state index < -0.39 is 39.1 Å². The lowest BCUT2D eigenvalue weighted by molar-refractivity contribution is -0.420. The minimum atomic E-state index is -1.22. The van der Waals surface area contributed by atoms with E-state index in [1.54, 1.807) is 13.0 Å². The van der Waals surface area contributed by atoms with Crippen LogP contribution in [0.1, 0.15) is 29.3 Å². The number of hydrogen-bond acceptors (Lipinski definition) is 7. The number of aryl methyl sites for hydroxylation is 1. The maximum atomic E-state index is 12.3. The number of rotatable bonds is 4. The molecule has 1 aliphatic carbocycles. The summed E-state index contributed by atoms with van der Waals surface area (Å²) in [6, 6.07) is 3.97. The van der Waals surface area contributed by atoms with Crippen LogP contribution in [0.4, 0.5) is 5.69 Å². The molecule has 130 valence electrons. The van der Waals surface area contributed by atoms with Crippen LogP contribution in [0.3, 0.4) is 0 Å². The Bertz CT molecular complexity index is 839. The number of carbonyl (C=O) groups is 2. The van der Waals surface area contributed by atoms with Gasteiger partial charge in [-0.25, -0.2) is 9.59 Å². The molecule has 0 aromatic heterocycles. The van der Waals surface area contributed by atoms with Crippen LogP contribution in [0, 0.1) is 33.1 Å². The van der Waals surface area contributed by atoms with Crippen molar-refractivity contribution in [3.63, 3.8) is 0 Å². The van der Waals surface area contributed by atoms with Crippen LogP contribution in [0.2, 0.25) is 0 Å². The zero-order chi connectivity index (χ0) is 18.7. The van der Waals surface area contributed by atoms with Crippen molar-refractivity contribution < 1.29 is 24.2 Å². The fourth-order valence-electron chi connectivity index (χ4n) is 2.57.